The summed E-state index contributed by atoms with van der Waals surface area (Å²) in [5.74, 6) is -2.28. The highest BCUT2D eigenvalue weighted by Gasteiger charge is 2.34. The van der Waals surface area contributed by atoms with Crippen LogP contribution in [0.25, 0.3) is 0 Å². The van der Waals surface area contributed by atoms with Gasteiger partial charge in [0.1, 0.15) is 0 Å². The van der Waals surface area contributed by atoms with Gasteiger partial charge in [0.05, 0.1) is 18.1 Å². The summed E-state index contributed by atoms with van der Waals surface area (Å²) < 4.78 is 25.4. The van der Waals surface area contributed by atoms with Crippen LogP contribution in [0.1, 0.15) is 32.1 Å². The van der Waals surface area contributed by atoms with Crippen LogP contribution in [0.4, 0.5) is 0 Å². The molecule has 2 unspecified atom stereocenters. The summed E-state index contributed by atoms with van der Waals surface area (Å²) in [7, 11) is -3.48. The number of allylic oxidation sites excluding steroid dienone is 3. The van der Waals surface area contributed by atoms with Gasteiger partial charge in [0.15, 0.2) is 0 Å². The van der Waals surface area contributed by atoms with Crippen molar-refractivity contribution in [2.24, 2.45) is 17.8 Å². The van der Waals surface area contributed by atoms with E-state index in [1.54, 1.807) is 6.08 Å². The monoisotopic (exact) mass is 396 g/mol. The summed E-state index contributed by atoms with van der Waals surface area (Å²) in [5.41, 5.74) is 1.16. The van der Waals surface area contributed by atoms with Gasteiger partial charge in [-0.25, -0.2) is 8.42 Å². The smallest absolute Gasteiger partial charge is 0.307 e. The number of carboxylic acid groups (broad SMARTS) is 1. The predicted octanol–water partition coefficient (Wildman–Crippen LogP) is 1.90. The standard InChI is InChI=1S/C19H28N2O5S/c1-13(15-9-10-15)14(2)21(27(3,25)26)12-6-11-20-18(22)16-7-4-5-8-17(16)19(23)24/h4-5,15-17H,1-2,6-12H2,3H3,(H,20,22)(H,23,24). The molecule has 2 atom stereocenters. The van der Waals surface area contributed by atoms with Crippen molar-refractivity contribution in [1.29, 1.82) is 0 Å². The SMILES string of the molecule is C=C(C(=C)N(CCCNC(=O)C1CC=CCC1C(=O)O)S(C)(=O)=O)C1CC1. The number of amides is 1. The Bertz CT molecular complexity index is 752. The second kappa shape index (κ2) is 8.73. The van der Waals surface area contributed by atoms with Crippen LogP contribution in [-0.4, -0.2) is 49.1 Å². The molecule has 0 saturated heterocycles. The number of aliphatic carboxylic acids is 1. The zero-order chi connectivity index (χ0) is 20.2. The third-order valence-electron chi connectivity index (χ3n) is 5.07. The van der Waals surface area contributed by atoms with E-state index in [2.05, 4.69) is 18.5 Å². The Labute approximate surface area is 160 Å². The molecule has 27 heavy (non-hydrogen) atoms. The molecule has 8 heteroatoms. The largest absolute Gasteiger partial charge is 0.481 e. The molecule has 0 aliphatic heterocycles. The van der Waals surface area contributed by atoms with E-state index in [-0.39, 0.29) is 19.0 Å². The van der Waals surface area contributed by atoms with Crippen LogP contribution in [0.3, 0.4) is 0 Å². The van der Waals surface area contributed by atoms with Crippen molar-refractivity contribution in [3.8, 4) is 0 Å². The van der Waals surface area contributed by atoms with Gasteiger partial charge in [-0.15, -0.1) is 0 Å². The summed E-state index contributed by atoms with van der Waals surface area (Å²) in [4.78, 5) is 23.6. The van der Waals surface area contributed by atoms with Crippen LogP contribution in [-0.2, 0) is 19.6 Å². The molecule has 1 amide bonds. The average Bonchev–Trinajstić information content (AvgIpc) is 3.44. The number of sulfonamides is 1. The highest BCUT2D eigenvalue weighted by atomic mass is 32.2. The minimum Gasteiger partial charge on any atom is -0.481 e. The number of carbonyl (C=O) groups is 2. The summed E-state index contributed by atoms with van der Waals surface area (Å²) in [5, 5.41) is 12.0. The molecule has 0 bridgehead atoms. The topological polar surface area (TPSA) is 104 Å². The molecule has 0 radical (unpaired) electrons. The van der Waals surface area contributed by atoms with Gasteiger partial charge in [0, 0.05) is 18.8 Å². The summed E-state index contributed by atoms with van der Waals surface area (Å²) in [6.07, 6.45) is 7.89. The highest BCUT2D eigenvalue weighted by Crippen LogP contribution is 2.39. The van der Waals surface area contributed by atoms with Crippen molar-refractivity contribution in [1.82, 2.24) is 9.62 Å². The van der Waals surface area contributed by atoms with E-state index in [9.17, 15) is 23.1 Å². The zero-order valence-electron chi connectivity index (χ0n) is 15.7. The van der Waals surface area contributed by atoms with Gasteiger partial charge >= 0.3 is 5.97 Å². The lowest BCUT2D eigenvalue weighted by molar-refractivity contribution is -0.147. The molecule has 0 heterocycles. The molecule has 1 fully saturated rings. The third kappa shape index (κ3) is 5.69. The van der Waals surface area contributed by atoms with Gasteiger partial charge in [0.25, 0.3) is 0 Å². The highest BCUT2D eigenvalue weighted by molar-refractivity contribution is 7.88. The van der Waals surface area contributed by atoms with Crippen molar-refractivity contribution in [2.75, 3.05) is 19.3 Å². The Hall–Kier alpha value is -2.09. The van der Waals surface area contributed by atoms with Crippen molar-refractivity contribution in [3.63, 3.8) is 0 Å². The van der Waals surface area contributed by atoms with E-state index in [0.717, 1.165) is 24.7 Å². The molecule has 0 aromatic heterocycles. The Kier molecular flexibility index (Phi) is 6.86. The quantitative estimate of drug-likeness (QED) is 0.333. The molecule has 2 aliphatic carbocycles. The average molecular weight is 397 g/mol. The maximum Gasteiger partial charge on any atom is 0.307 e. The number of nitrogens with one attached hydrogen (secondary N) is 1. The van der Waals surface area contributed by atoms with Crippen molar-refractivity contribution in [2.45, 2.75) is 32.1 Å². The van der Waals surface area contributed by atoms with E-state index < -0.39 is 27.8 Å². The summed E-state index contributed by atoms with van der Waals surface area (Å²) in [6, 6.07) is 0. The molecule has 0 spiro atoms. The van der Waals surface area contributed by atoms with E-state index in [1.807, 2.05) is 6.08 Å². The second-order valence-corrected chi connectivity index (χ2v) is 9.13. The third-order valence-corrected chi connectivity index (χ3v) is 6.27. The first-order valence-corrected chi connectivity index (χ1v) is 11.0. The Morgan fingerprint density at radius 3 is 2.30 bits per heavy atom. The minimum atomic E-state index is -3.48. The lowest BCUT2D eigenvalue weighted by atomic mass is 9.82. The molecule has 150 valence electrons. The van der Waals surface area contributed by atoms with E-state index in [4.69, 9.17) is 0 Å². The van der Waals surface area contributed by atoms with Crippen LogP contribution in [0.2, 0.25) is 0 Å². The number of carboxylic acids is 1. The predicted molar refractivity (Wildman–Crippen MR) is 103 cm³/mol. The van der Waals surface area contributed by atoms with Gasteiger partial charge in [-0.2, -0.15) is 0 Å². The normalized spacial score (nSPS) is 22.1. The van der Waals surface area contributed by atoms with Crippen LogP contribution >= 0.6 is 0 Å². The van der Waals surface area contributed by atoms with E-state index >= 15 is 0 Å². The van der Waals surface area contributed by atoms with Crippen LogP contribution in [0.5, 0.6) is 0 Å². The number of hydrogen-bond acceptors (Lipinski definition) is 4. The lowest BCUT2D eigenvalue weighted by Crippen LogP contribution is -2.40. The fourth-order valence-electron chi connectivity index (χ4n) is 3.27. The molecule has 2 aliphatic rings. The molecule has 2 N–H and O–H groups in total. The molecule has 2 rings (SSSR count). The van der Waals surface area contributed by atoms with E-state index in [1.165, 1.54) is 4.31 Å². The maximum absolute atomic E-state index is 12.3. The first-order valence-electron chi connectivity index (χ1n) is 9.14. The van der Waals surface area contributed by atoms with E-state index in [0.29, 0.717) is 30.9 Å². The number of nitrogens with zero attached hydrogens (tertiary/aromatic N) is 1. The van der Waals surface area contributed by atoms with Gasteiger partial charge in [-0.05, 0) is 43.6 Å². The molecular weight excluding hydrogens is 368 g/mol. The first-order chi connectivity index (χ1) is 12.6. The first kappa shape index (κ1) is 21.2. The Morgan fingerprint density at radius 1 is 1.19 bits per heavy atom. The van der Waals surface area contributed by atoms with Crippen LogP contribution in [0, 0.1) is 17.8 Å². The van der Waals surface area contributed by atoms with Crippen molar-refractivity contribution < 1.29 is 23.1 Å². The van der Waals surface area contributed by atoms with Crippen LogP contribution in [0.15, 0.2) is 36.6 Å². The Balaban J connectivity index is 1.86. The fourth-order valence-corrected chi connectivity index (χ4v) is 4.25. The molecular formula is C19H28N2O5S. The molecule has 0 aromatic rings. The molecule has 0 aromatic carbocycles. The van der Waals surface area contributed by atoms with Gasteiger partial charge < -0.3 is 10.4 Å². The fraction of sp³-hybridized carbons (Fsp3) is 0.579. The number of carbonyl (C=O) groups excluding carboxylic acids is 1. The number of rotatable bonds is 10. The van der Waals surface area contributed by atoms with Crippen molar-refractivity contribution in [3.05, 3.63) is 36.6 Å². The second-order valence-electron chi connectivity index (χ2n) is 7.22. The van der Waals surface area contributed by atoms with Gasteiger partial charge in [0.2, 0.25) is 15.9 Å². The van der Waals surface area contributed by atoms with Gasteiger partial charge in [-0.3, -0.25) is 13.9 Å². The molecule has 7 nitrogen and oxygen atoms in total. The summed E-state index contributed by atoms with van der Waals surface area (Å²) in [6.45, 7) is 8.30. The zero-order valence-corrected chi connectivity index (χ0v) is 16.5. The van der Waals surface area contributed by atoms with Crippen LogP contribution < -0.4 is 5.32 Å². The number of hydrogen-bond donors (Lipinski definition) is 2. The Morgan fingerprint density at radius 2 is 1.78 bits per heavy atom. The molecule has 1 saturated carbocycles. The minimum absolute atomic E-state index is 0.191. The maximum atomic E-state index is 12.3. The van der Waals surface area contributed by atoms with Crippen molar-refractivity contribution >= 4 is 21.9 Å². The van der Waals surface area contributed by atoms with Gasteiger partial charge in [-0.1, -0.05) is 25.3 Å². The lowest BCUT2D eigenvalue weighted by Gasteiger charge is -2.26. The summed E-state index contributed by atoms with van der Waals surface area (Å²) >= 11 is 0.